The number of hydrogen-bond donors (Lipinski definition) is 1. The summed E-state index contributed by atoms with van der Waals surface area (Å²) in [5, 5.41) is 0. The van der Waals surface area contributed by atoms with E-state index in [0.29, 0.717) is 25.3 Å². The highest BCUT2D eigenvalue weighted by atomic mass is 32.2. The number of nitrogens with zero attached hydrogens (tertiary/aromatic N) is 1. The Hall–Kier alpha value is -2.38. The molecule has 1 unspecified atom stereocenters. The predicted molar refractivity (Wildman–Crippen MR) is 117 cm³/mol. The van der Waals surface area contributed by atoms with Crippen molar-refractivity contribution in [1.29, 1.82) is 0 Å². The van der Waals surface area contributed by atoms with Crippen molar-refractivity contribution in [2.75, 3.05) is 19.7 Å². The molecule has 1 aliphatic heterocycles. The van der Waals surface area contributed by atoms with Gasteiger partial charge in [-0.25, -0.2) is 13.1 Å². The Morgan fingerprint density at radius 3 is 2.40 bits per heavy atom. The quantitative estimate of drug-likeness (QED) is 0.758. The first-order valence-corrected chi connectivity index (χ1v) is 11.7. The van der Waals surface area contributed by atoms with Crippen LogP contribution in [-0.4, -0.2) is 44.5 Å². The lowest BCUT2D eigenvalue weighted by Crippen LogP contribution is -2.41. The molecule has 6 nitrogen and oxygen atoms in total. The van der Waals surface area contributed by atoms with E-state index in [0.717, 1.165) is 18.6 Å². The molecule has 2 aromatic carbocycles. The number of amides is 1. The molecule has 1 atom stereocenters. The number of benzene rings is 2. The predicted octanol–water partition coefficient (Wildman–Crippen LogP) is 3.69. The van der Waals surface area contributed by atoms with Crippen molar-refractivity contribution in [3.63, 3.8) is 0 Å². The molecular weight excluding hydrogens is 400 g/mol. The van der Waals surface area contributed by atoms with Crippen molar-refractivity contribution < 1.29 is 17.9 Å². The van der Waals surface area contributed by atoms with Gasteiger partial charge in [0.05, 0.1) is 11.5 Å². The molecule has 0 saturated carbocycles. The van der Waals surface area contributed by atoms with Gasteiger partial charge < -0.3 is 9.64 Å². The Morgan fingerprint density at radius 2 is 1.77 bits per heavy atom. The fourth-order valence-corrected chi connectivity index (χ4v) is 4.96. The van der Waals surface area contributed by atoms with Gasteiger partial charge in [-0.15, -0.1) is 0 Å². The minimum atomic E-state index is -3.62. The Morgan fingerprint density at radius 1 is 1.10 bits per heavy atom. The molecule has 162 valence electrons. The minimum Gasteiger partial charge on any atom is -0.493 e. The van der Waals surface area contributed by atoms with E-state index >= 15 is 0 Å². The molecule has 0 radical (unpaired) electrons. The molecule has 0 spiro atoms. The van der Waals surface area contributed by atoms with Crippen molar-refractivity contribution >= 4 is 15.9 Å². The highest BCUT2D eigenvalue weighted by molar-refractivity contribution is 7.89. The van der Waals surface area contributed by atoms with Crippen molar-refractivity contribution in [3.8, 4) is 5.75 Å². The standard InChI is InChI=1S/C23H30N2O4S/c1-23(2,3)24-30(27,28)21-13-11-19(12-14-21)22(26)25-15-7-8-18(16-25)17-29-20-9-5-4-6-10-20/h4-6,9-14,18,24H,7-8,15-17H2,1-3H3. The molecule has 7 heteroatoms. The maximum Gasteiger partial charge on any atom is 0.253 e. The van der Waals surface area contributed by atoms with E-state index in [4.69, 9.17) is 4.74 Å². The summed E-state index contributed by atoms with van der Waals surface area (Å²) in [5.41, 5.74) is -0.0767. The summed E-state index contributed by atoms with van der Waals surface area (Å²) >= 11 is 0. The molecule has 1 N–H and O–H groups in total. The molecule has 30 heavy (non-hydrogen) atoms. The fourth-order valence-electron chi connectivity index (χ4n) is 3.54. The average molecular weight is 431 g/mol. The van der Waals surface area contributed by atoms with Gasteiger partial charge in [-0.2, -0.15) is 0 Å². The molecular formula is C23H30N2O4S. The third kappa shape index (κ3) is 6.06. The number of carbonyl (C=O) groups excluding carboxylic acids is 1. The molecule has 1 saturated heterocycles. The molecule has 1 fully saturated rings. The Labute approximate surface area is 179 Å². The molecule has 1 amide bonds. The van der Waals surface area contributed by atoms with E-state index in [9.17, 15) is 13.2 Å². The third-order valence-electron chi connectivity index (χ3n) is 4.89. The summed E-state index contributed by atoms with van der Waals surface area (Å²) in [4.78, 5) is 14.9. The van der Waals surface area contributed by atoms with Crippen LogP contribution in [0.15, 0.2) is 59.5 Å². The van der Waals surface area contributed by atoms with Gasteiger partial charge in [-0.3, -0.25) is 4.79 Å². The maximum atomic E-state index is 12.9. The zero-order valence-electron chi connectivity index (χ0n) is 17.8. The molecule has 3 rings (SSSR count). The van der Waals surface area contributed by atoms with Gasteiger partial charge in [-0.05, 0) is 70.0 Å². The fraction of sp³-hybridized carbons (Fsp3) is 0.435. The van der Waals surface area contributed by atoms with Crippen LogP contribution in [0.5, 0.6) is 5.75 Å². The van der Waals surface area contributed by atoms with Gasteiger partial charge in [0.2, 0.25) is 10.0 Å². The SMILES string of the molecule is CC(C)(C)NS(=O)(=O)c1ccc(C(=O)N2CCCC(COc3ccccc3)C2)cc1. The monoisotopic (exact) mass is 430 g/mol. The summed E-state index contributed by atoms with van der Waals surface area (Å²) in [6.45, 7) is 7.28. The zero-order chi connectivity index (χ0) is 21.8. The van der Waals surface area contributed by atoms with E-state index in [2.05, 4.69) is 4.72 Å². The topological polar surface area (TPSA) is 75.7 Å². The lowest BCUT2D eigenvalue weighted by molar-refractivity contribution is 0.0633. The lowest BCUT2D eigenvalue weighted by atomic mass is 9.98. The number of ether oxygens (including phenoxy) is 1. The van der Waals surface area contributed by atoms with E-state index in [1.54, 1.807) is 32.9 Å². The van der Waals surface area contributed by atoms with Crippen LogP contribution in [0.25, 0.3) is 0 Å². The highest BCUT2D eigenvalue weighted by Crippen LogP contribution is 2.21. The van der Waals surface area contributed by atoms with Crippen molar-refractivity contribution in [2.45, 2.75) is 44.0 Å². The average Bonchev–Trinajstić information content (AvgIpc) is 2.71. The number of likely N-dealkylation sites (tertiary alicyclic amines) is 1. The first-order valence-electron chi connectivity index (χ1n) is 10.3. The molecule has 1 heterocycles. The summed E-state index contributed by atoms with van der Waals surface area (Å²) in [6.07, 6.45) is 1.95. The second-order valence-corrected chi connectivity index (χ2v) is 10.4. The molecule has 2 aromatic rings. The van der Waals surface area contributed by atoms with Crippen LogP contribution in [-0.2, 0) is 10.0 Å². The Balaban J connectivity index is 1.61. The van der Waals surface area contributed by atoms with Crippen LogP contribution >= 0.6 is 0 Å². The largest absolute Gasteiger partial charge is 0.493 e. The maximum absolute atomic E-state index is 12.9. The normalized spacial score (nSPS) is 17.6. The molecule has 1 aliphatic rings. The van der Waals surface area contributed by atoms with Crippen LogP contribution < -0.4 is 9.46 Å². The number of para-hydroxylation sites is 1. The Bertz CT molecular complexity index is 951. The highest BCUT2D eigenvalue weighted by Gasteiger charge is 2.26. The van der Waals surface area contributed by atoms with Gasteiger partial charge in [-0.1, -0.05) is 18.2 Å². The summed E-state index contributed by atoms with van der Waals surface area (Å²) in [6, 6.07) is 15.8. The second-order valence-electron chi connectivity index (χ2n) is 8.76. The van der Waals surface area contributed by atoms with E-state index in [1.807, 2.05) is 35.2 Å². The van der Waals surface area contributed by atoms with Crippen molar-refractivity contribution in [1.82, 2.24) is 9.62 Å². The van der Waals surface area contributed by atoms with E-state index < -0.39 is 15.6 Å². The zero-order valence-corrected chi connectivity index (χ0v) is 18.6. The van der Waals surface area contributed by atoms with E-state index in [-0.39, 0.29) is 16.7 Å². The van der Waals surface area contributed by atoms with Gasteiger partial charge >= 0.3 is 0 Å². The van der Waals surface area contributed by atoms with Gasteiger partial charge in [0.1, 0.15) is 5.75 Å². The third-order valence-corrected chi connectivity index (χ3v) is 6.66. The van der Waals surface area contributed by atoms with Crippen LogP contribution in [0.4, 0.5) is 0 Å². The summed E-state index contributed by atoms with van der Waals surface area (Å²) < 4.78 is 33.4. The van der Waals surface area contributed by atoms with Gasteiger partial charge in [0.15, 0.2) is 0 Å². The van der Waals surface area contributed by atoms with Crippen LogP contribution in [0.1, 0.15) is 44.0 Å². The second kappa shape index (κ2) is 9.18. The summed E-state index contributed by atoms with van der Waals surface area (Å²) in [5.74, 6) is 1.03. The lowest BCUT2D eigenvalue weighted by Gasteiger charge is -2.32. The van der Waals surface area contributed by atoms with Gasteiger partial charge in [0, 0.05) is 30.1 Å². The van der Waals surface area contributed by atoms with Crippen molar-refractivity contribution in [2.24, 2.45) is 5.92 Å². The smallest absolute Gasteiger partial charge is 0.253 e. The first-order chi connectivity index (χ1) is 14.1. The molecule has 0 bridgehead atoms. The van der Waals surface area contributed by atoms with E-state index in [1.165, 1.54) is 12.1 Å². The number of sulfonamides is 1. The van der Waals surface area contributed by atoms with Crippen LogP contribution in [0.2, 0.25) is 0 Å². The number of carbonyl (C=O) groups is 1. The molecule has 0 aliphatic carbocycles. The van der Waals surface area contributed by atoms with Crippen LogP contribution in [0.3, 0.4) is 0 Å². The summed E-state index contributed by atoms with van der Waals surface area (Å²) in [7, 11) is -3.62. The Kier molecular flexibility index (Phi) is 6.83. The number of rotatable bonds is 6. The van der Waals surface area contributed by atoms with Crippen LogP contribution in [0, 0.1) is 5.92 Å². The molecule has 0 aromatic heterocycles. The number of hydrogen-bond acceptors (Lipinski definition) is 4. The van der Waals surface area contributed by atoms with Gasteiger partial charge in [0.25, 0.3) is 5.91 Å². The first kappa shape index (κ1) is 22.3. The number of piperidine rings is 1. The number of nitrogens with one attached hydrogen (secondary N) is 1. The van der Waals surface area contributed by atoms with Crippen molar-refractivity contribution in [3.05, 3.63) is 60.2 Å². The minimum absolute atomic E-state index is 0.0767.